The second-order valence-electron chi connectivity index (χ2n) is 8.12. The van der Waals surface area contributed by atoms with E-state index in [9.17, 15) is 4.79 Å². The van der Waals surface area contributed by atoms with E-state index in [4.69, 9.17) is 16.1 Å². The van der Waals surface area contributed by atoms with E-state index >= 15 is 0 Å². The quantitative estimate of drug-likeness (QED) is 0.461. The molecule has 0 radical (unpaired) electrons. The minimum atomic E-state index is -0.0564. The van der Waals surface area contributed by atoms with Crippen molar-refractivity contribution in [3.63, 3.8) is 0 Å². The smallest absolute Gasteiger partial charge is 0.266 e. The topological polar surface area (TPSA) is 80.3 Å². The number of hydrogen-bond donors (Lipinski definition) is 0. The van der Waals surface area contributed by atoms with Crippen molar-refractivity contribution in [3.8, 4) is 11.5 Å². The van der Waals surface area contributed by atoms with E-state index < -0.39 is 0 Å². The number of rotatable bonds is 4. The fourth-order valence-corrected chi connectivity index (χ4v) is 4.17. The lowest BCUT2D eigenvalue weighted by molar-refractivity contribution is 0.0746. The maximum absolute atomic E-state index is 12.8. The van der Waals surface area contributed by atoms with Crippen molar-refractivity contribution in [2.75, 3.05) is 31.1 Å². The third-order valence-electron chi connectivity index (χ3n) is 5.70. The molecule has 1 amide bonds. The van der Waals surface area contributed by atoms with E-state index in [2.05, 4.69) is 29.1 Å². The predicted octanol–water partition coefficient (Wildman–Crippen LogP) is 4.28. The number of piperazine rings is 1. The molecule has 2 aromatic carbocycles. The zero-order valence-corrected chi connectivity index (χ0v) is 18.7. The standard InChI is InChI=1S/C23H23ClN6O2/c1-15(2)30-20-13-16(7-8-17(20)14-25-30)21-26-23(27-32-21)29-11-9-28(10-12-29)22(31)18-5-3-4-6-19(18)24/h3-8,13-15H,9-12H2,1-2H3. The Bertz CT molecular complexity index is 1270. The molecule has 4 aromatic rings. The highest BCUT2D eigenvalue weighted by Crippen LogP contribution is 2.27. The van der Waals surface area contributed by atoms with Gasteiger partial charge < -0.3 is 14.3 Å². The number of halogens is 1. The summed E-state index contributed by atoms with van der Waals surface area (Å²) in [6.07, 6.45) is 1.86. The highest BCUT2D eigenvalue weighted by molar-refractivity contribution is 6.33. The van der Waals surface area contributed by atoms with E-state index in [0.29, 0.717) is 48.6 Å². The van der Waals surface area contributed by atoms with Gasteiger partial charge in [-0.2, -0.15) is 10.1 Å². The van der Waals surface area contributed by atoms with E-state index in [-0.39, 0.29) is 11.9 Å². The number of amides is 1. The van der Waals surface area contributed by atoms with Crippen molar-refractivity contribution >= 4 is 34.4 Å². The van der Waals surface area contributed by atoms with Crippen LogP contribution in [0, 0.1) is 0 Å². The van der Waals surface area contributed by atoms with Crippen LogP contribution in [0.2, 0.25) is 5.02 Å². The van der Waals surface area contributed by atoms with Gasteiger partial charge in [0.15, 0.2) is 0 Å². The van der Waals surface area contributed by atoms with Crippen LogP contribution in [0.4, 0.5) is 5.95 Å². The van der Waals surface area contributed by atoms with Crippen molar-refractivity contribution in [2.45, 2.75) is 19.9 Å². The molecule has 0 unspecified atom stereocenters. The molecule has 0 saturated carbocycles. The van der Waals surface area contributed by atoms with Gasteiger partial charge in [-0.3, -0.25) is 9.48 Å². The highest BCUT2D eigenvalue weighted by atomic mass is 35.5. The summed E-state index contributed by atoms with van der Waals surface area (Å²) < 4.78 is 7.54. The first kappa shape index (κ1) is 20.5. The number of carbonyl (C=O) groups excluding carboxylic acids is 1. The number of anilines is 1. The number of hydrogen-bond acceptors (Lipinski definition) is 6. The normalized spacial score (nSPS) is 14.5. The molecule has 5 rings (SSSR count). The maximum Gasteiger partial charge on any atom is 0.266 e. The molecule has 2 aromatic heterocycles. The Morgan fingerprint density at radius 2 is 1.88 bits per heavy atom. The molecule has 1 fully saturated rings. The number of fused-ring (bicyclic) bond motifs is 1. The van der Waals surface area contributed by atoms with Gasteiger partial charge in [0, 0.05) is 43.2 Å². The Labute approximate surface area is 190 Å². The number of aromatic nitrogens is 4. The maximum atomic E-state index is 12.8. The van der Waals surface area contributed by atoms with Crippen LogP contribution in [-0.2, 0) is 0 Å². The second-order valence-corrected chi connectivity index (χ2v) is 8.52. The third-order valence-corrected chi connectivity index (χ3v) is 6.03. The lowest BCUT2D eigenvalue weighted by Crippen LogP contribution is -2.49. The molecule has 0 spiro atoms. The largest absolute Gasteiger partial charge is 0.335 e. The zero-order valence-electron chi connectivity index (χ0n) is 17.9. The Kier molecular flexibility index (Phi) is 5.30. The van der Waals surface area contributed by atoms with Gasteiger partial charge in [-0.05, 0) is 43.3 Å². The van der Waals surface area contributed by atoms with Crippen LogP contribution < -0.4 is 4.90 Å². The molecule has 1 aliphatic heterocycles. The molecule has 1 aliphatic rings. The highest BCUT2D eigenvalue weighted by Gasteiger charge is 2.26. The van der Waals surface area contributed by atoms with Gasteiger partial charge in [0.2, 0.25) is 0 Å². The van der Waals surface area contributed by atoms with Gasteiger partial charge in [-0.15, -0.1) is 0 Å². The van der Waals surface area contributed by atoms with Crippen LogP contribution in [0.15, 0.2) is 53.2 Å². The number of benzene rings is 2. The molecule has 0 bridgehead atoms. The van der Waals surface area contributed by atoms with Crippen LogP contribution in [0.25, 0.3) is 22.4 Å². The number of nitrogens with zero attached hydrogens (tertiary/aromatic N) is 6. The average molecular weight is 451 g/mol. The Balaban J connectivity index is 1.30. The van der Waals surface area contributed by atoms with Gasteiger partial charge in [0.1, 0.15) is 0 Å². The van der Waals surface area contributed by atoms with Gasteiger partial charge in [0.25, 0.3) is 17.7 Å². The average Bonchev–Trinajstić information content (AvgIpc) is 3.46. The van der Waals surface area contributed by atoms with Crippen molar-refractivity contribution in [2.24, 2.45) is 0 Å². The summed E-state index contributed by atoms with van der Waals surface area (Å²) in [5.41, 5.74) is 2.41. The third kappa shape index (κ3) is 3.71. The lowest BCUT2D eigenvalue weighted by Gasteiger charge is -2.34. The van der Waals surface area contributed by atoms with Gasteiger partial charge >= 0.3 is 0 Å². The molecule has 1 saturated heterocycles. The Morgan fingerprint density at radius 3 is 2.62 bits per heavy atom. The lowest BCUT2D eigenvalue weighted by atomic mass is 10.1. The summed E-state index contributed by atoms with van der Waals surface area (Å²) in [4.78, 5) is 21.2. The first-order valence-electron chi connectivity index (χ1n) is 10.6. The Morgan fingerprint density at radius 1 is 1.09 bits per heavy atom. The first-order chi connectivity index (χ1) is 15.5. The first-order valence-corrected chi connectivity index (χ1v) is 11.0. The van der Waals surface area contributed by atoms with Crippen LogP contribution in [0.1, 0.15) is 30.2 Å². The summed E-state index contributed by atoms with van der Waals surface area (Å²) in [5, 5.41) is 10.2. The summed E-state index contributed by atoms with van der Waals surface area (Å²) in [7, 11) is 0. The van der Waals surface area contributed by atoms with E-state index in [1.54, 1.807) is 17.0 Å². The van der Waals surface area contributed by atoms with Crippen LogP contribution in [-0.4, -0.2) is 56.9 Å². The summed E-state index contributed by atoms with van der Waals surface area (Å²) in [5.74, 6) is 0.939. The fraction of sp³-hybridized carbons (Fsp3) is 0.304. The minimum absolute atomic E-state index is 0.0564. The summed E-state index contributed by atoms with van der Waals surface area (Å²) in [6, 6.07) is 13.4. The molecule has 0 aliphatic carbocycles. The molecule has 32 heavy (non-hydrogen) atoms. The SMILES string of the molecule is CC(C)n1ncc2ccc(-c3nc(N4CCN(C(=O)c5ccccc5Cl)CC4)no3)cc21. The van der Waals surface area contributed by atoms with Crippen LogP contribution >= 0.6 is 11.6 Å². The van der Waals surface area contributed by atoms with Crippen molar-refractivity contribution in [1.82, 2.24) is 24.8 Å². The van der Waals surface area contributed by atoms with Crippen molar-refractivity contribution in [1.29, 1.82) is 0 Å². The van der Waals surface area contributed by atoms with Crippen LogP contribution in [0.5, 0.6) is 0 Å². The molecule has 8 nitrogen and oxygen atoms in total. The summed E-state index contributed by atoms with van der Waals surface area (Å²) in [6.45, 7) is 6.56. The molecule has 0 atom stereocenters. The molecular weight excluding hydrogens is 428 g/mol. The van der Waals surface area contributed by atoms with Crippen molar-refractivity contribution in [3.05, 3.63) is 59.2 Å². The van der Waals surface area contributed by atoms with E-state index in [1.165, 1.54) is 0 Å². The second kappa shape index (κ2) is 8.27. The predicted molar refractivity (Wildman–Crippen MR) is 123 cm³/mol. The molecular formula is C23H23ClN6O2. The van der Waals surface area contributed by atoms with Crippen molar-refractivity contribution < 1.29 is 9.32 Å². The molecule has 0 N–H and O–H groups in total. The number of carbonyl (C=O) groups is 1. The van der Waals surface area contributed by atoms with E-state index in [0.717, 1.165) is 16.5 Å². The van der Waals surface area contributed by atoms with Crippen LogP contribution in [0.3, 0.4) is 0 Å². The Hall–Kier alpha value is -3.39. The molecule has 9 heteroatoms. The summed E-state index contributed by atoms with van der Waals surface area (Å²) >= 11 is 6.18. The van der Waals surface area contributed by atoms with Gasteiger partial charge in [-0.1, -0.05) is 29.8 Å². The van der Waals surface area contributed by atoms with E-state index in [1.807, 2.05) is 46.1 Å². The monoisotopic (exact) mass is 450 g/mol. The zero-order chi connectivity index (χ0) is 22.2. The fourth-order valence-electron chi connectivity index (χ4n) is 3.96. The van der Waals surface area contributed by atoms with Gasteiger partial charge in [-0.25, -0.2) is 0 Å². The molecule has 3 heterocycles. The molecule has 164 valence electrons. The minimum Gasteiger partial charge on any atom is -0.335 e. The van der Waals surface area contributed by atoms with Gasteiger partial charge in [0.05, 0.1) is 22.3 Å².